The molecule has 3 aromatic carbocycles. The van der Waals surface area contributed by atoms with Crippen LogP contribution in [-0.4, -0.2) is 85.2 Å². The summed E-state index contributed by atoms with van der Waals surface area (Å²) in [5, 5.41) is 9.14. The van der Waals surface area contributed by atoms with Crippen molar-refractivity contribution in [1.82, 2.24) is 34.6 Å². The zero-order valence-electron chi connectivity index (χ0n) is 30.0. The second-order valence-electron chi connectivity index (χ2n) is 14.5. The van der Waals surface area contributed by atoms with Gasteiger partial charge in [0.15, 0.2) is 5.65 Å². The number of benzene rings is 3. The fraction of sp³-hybridized carbons (Fsp3) is 0.325. The highest BCUT2D eigenvalue weighted by Gasteiger charge is 2.46. The van der Waals surface area contributed by atoms with Crippen molar-refractivity contribution in [3.05, 3.63) is 94.1 Å². The first-order valence-corrected chi connectivity index (χ1v) is 19.5. The van der Waals surface area contributed by atoms with E-state index in [1.54, 1.807) is 12.3 Å². The topological polar surface area (TPSA) is 158 Å². The third-order valence-electron chi connectivity index (χ3n) is 11.0. The summed E-state index contributed by atoms with van der Waals surface area (Å²) in [4.78, 5) is 70.9. The average Bonchev–Trinajstić information content (AvgIpc) is 3.91. The first kappa shape index (κ1) is 35.1. The van der Waals surface area contributed by atoms with Crippen LogP contribution in [0.25, 0.3) is 11.2 Å². The van der Waals surface area contributed by atoms with Gasteiger partial charge >= 0.3 is 0 Å². The van der Waals surface area contributed by atoms with Gasteiger partial charge in [-0.3, -0.25) is 38.9 Å². The number of hydrogen-bond donors (Lipinski definition) is 3. The van der Waals surface area contributed by atoms with E-state index in [1.807, 2.05) is 48.5 Å². The first-order valence-electron chi connectivity index (χ1n) is 18.7. The zero-order chi connectivity index (χ0) is 37.6. The largest absolute Gasteiger partial charge is 0.369 e. The van der Waals surface area contributed by atoms with Crippen LogP contribution in [0.5, 0.6) is 0 Å². The summed E-state index contributed by atoms with van der Waals surface area (Å²) in [5.74, 6) is -0.737. The number of carbonyl (C=O) groups is 4. The molecule has 3 aliphatic heterocycles. The van der Waals surface area contributed by atoms with Gasteiger partial charge in [0.1, 0.15) is 11.6 Å². The number of aromatic nitrogens is 4. The summed E-state index contributed by atoms with van der Waals surface area (Å²) in [6.45, 7) is 3.85. The molecular formula is C40H39BrN10O4. The van der Waals surface area contributed by atoms with Gasteiger partial charge in [-0.25, -0.2) is 9.97 Å². The van der Waals surface area contributed by atoms with Crippen LogP contribution in [0.3, 0.4) is 0 Å². The molecule has 0 spiro atoms. The minimum Gasteiger partial charge on any atom is -0.369 e. The highest BCUT2D eigenvalue weighted by atomic mass is 79.9. The van der Waals surface area contributed by atoms with Crippen molar-refractivity contribution in [3.8, 4) is 0 Å². The molecule has 5 aromatic rings. The molecule has 2 saturated heterocycles. The van der Waals surface area contributed by atoms with E-state index in [2.05, 4.69) is 63.4 Å². The third kappa shape index (κ3) is 6.71. The number of rotatable bonds is 9. The first-order chi connectivity index (χ1) is 26.8. The van der Waals surface area contributed by atoms with E-state index in [1.165, 1.54) is 12.8 Å². The fourth-order valence-corrected chi connectivity index (χ4v) is 8.81. The smallest absolute Gasteiger partial charge is 0.263 e. The molecular weight excluding hydrogens is 764 g/mol. The van der Waals surface area contributed by atoms with Crippen molar-refractivity contribution in [2.45, 2.75) is 57.2 Å². The molecule has 4 amide bonds. The summed E-state index contributed by atoms with van der Waals surface area (Å²) in [7, 11) is 0. The average molecular weight is 804 g/mol. The molecule has 1 unspecified atom stereocenters. The van der Waals surface area contributed by atoms with E-state index in [4.69, 9.17) is 9.97 Å². The maximum absolute atomic E-state index is 13.5. The van der Waals surface area contributed by atoms with Gasteiger partial charge in [-0.1, -0.05) is 37.1 Å². The van der Waals surface area contributed by atoms with Crippen LogP contribution >= 0.6 is 15.9 Å². The Morgan fingerprint density at radius 2 is 1.55 bits per heavy atom. The van der Waals surface area contributed by atoms with Gasteiger partial charge in [-0.15, -0.1) is 0 Å². The predicted molar refractivity (Wildman–Crippen MR) is 211 cm³/mol. The third-order valence-corrected chi connectivity index (χ3v) is 11.9. The molecule has 1 saturated carbocycles. The number of carbonyl (C=O) groups excluding carboxylic acids is 4. The summed E-state index contributed by atoms with van der Waals surface area (Å²) in [6.07, 6.45) is 6.57. The number of fused-ring (bicyclic) bond motifs is 2. The lowest BCUT2D eigenvalue weighted by Gasteiger charge is -2.36. The van der Waals surface area contributed by atoms with Gasteiger partial charge < -0.3 is 15.5 Å². The highest BCUT2D eigenvalue weighted by Crippen LogP contribution is 2.37. The molecule has 15 heteroatoms. The maximum Gasteiger partial charge on any atom is 0.263 e. The molecule has 14 nitrogen and oxygen atoms in total. The van der Waals surface area contributed by atoms with E-state index in [0.29, 0.717) is 23.0 Å². The monoisotopic (exact) mass is 802 g/mol. The van der Waals surface area contributed by atoms with Crippen molar-refractivity contribution in [1.29, 1.82) is 0 Å². The van der Waals surface area contributed by atoms with Crippen LogP contribution in [0.1, 0.15) is 70.8 Å². The van der Waals surface area contributed by atoms with E-state index in [9.17, 15) is 19.2 Å². The lowest BCUT2D eigenvalue weighted by Crippen LogP contribution is -2.54. The summed E-state index contributed by atoms with van der Waals surface area (Å²) >= 11 is 3.61. The van der Waals surface area contributed by atoms with Gasteiger partial charge in [-0.05, 0) is 83.2 Å². The molecule has 0 bridgehead atoms. The molecule has 3 N–H and O–H groups in total. The number of halogens is 1. The normalized spacial score (nSPS) is 19.3. The van der Waals surface area contributed by atoms with Crippen molar-refractivity contribution in [2.75, 3.05) is 41.7 Å². The van der Waals surface area contributed by atoms with Gasteiger partial charge in [-0.2, -0.15) is 4.98 Å². The Bertz CT molecular complexity index is 2320. The second-order valence-corrected chi connectivity index (χ2v) is 15.3. The molecule has 9 rings (SSSR count). The molecule has 280 valence electrons. The summed E-state index contributed by atoms with van der Waals surface area (Å²) < 4.78 is 2.81. The lowest BCUT2D eigenvalue weighted by molar-refractivity contribution is -0.136. The maximum atomic E-state index is 13.5. The van der Waals surface area contributed by atoms with E-state index >= 15 is 0 Å². The van der Waals surface area contributed by atoms with Crippen LogP contribution in [0, 0.1) is 0 Å². The Morgan fingerprint density at radius 3 is 2.29 bits per heavy atom. The molecule has 4 aliphatic rings. The summed E-state index contributed by atoms with van der Waals surface area (Å²) in [6, 6.07) is 21.3. The molecule has 1 aliphatic carbocycles. The molecule has 55 heavy (non-hydrogen) atoms. The van der Waals surface area contributed by atoms with Gasteiger partial charge in [0.05, 0.1) is 17.3 Å². The number of para-hydroxylation sites is 1. The standard InChI is InChI=1S/C40H39BrN10O4/c41-34-24(10-15-29-33(34)38(55)51(37(29)54)31-16-17-32(52)46-36(31)53)23-48-18-20-49(21-19-48)27-13-11-26(12-14-27)43-39-42-22-30-35(47-39)50(28-8-4-5-9-28)40(45-30)44-25-6-2-1-3-7-25/h1-3,6-7,10-15,22,28,31H,4-5,8-9,16-21,23H2,(H,44,45)(H,42,43,47)(H,46,52,53). The molecule has 5 heterocycles. The van der Waals surface area contributed by atoms with Gasteiger partial charge in [0, 0.05) is 66.7 Å². The minimum atomic E-state index is -0.996. The van der Waals surface area contributed by atoms with Crippen molar-refractivity contribution >= 4 is 79.7 Å². The Kier molecular flexibility index (Phi) is 9.26. The molecule has 0 radical (unpaired) electrons. The molecule has 1 atom stereocenters. The van der Waals surface area contributed by atoms with E-state index in [-0.39, 0.29) is 24.0 Å². The van der Waals surface area contributed by atoms with Gasteiger partial charge in [0.2, 0.25) is 23.7 Å². The van der Waals surface area contributed by atoms with Crippen LogP contribution in [0.2, 0.25) is 0 Å². The van der Waals surface area contributed by atoms with Crippen LogP contribution in [0.15, 0.2) is 77.4 Å². The fourth-order valence-electron chi connectivity index (χ4n) is 8.17. The number of hydrogen-bond acceptors (Lipinski definition) is 11. The van der Waals surface area contributed by atoms with Crippen LogP contribution < -0.4 is 20.9 Å². The molecule has 3 fully saturated rings. The van der Waals surface area contributed by atoms with Gasteiger partial charge in [0.25, 0.3) is 11.8 Å². The van der Waals surface area contributed by atoms with Crippen molar-refractivity contribution in [2.24, 2.45) is 0 Å². The lowest BCUT2D eigenvalue weighted by atomic mass is 10.0. The number of piperazine rings is 1. The SMILES string of the molecule is O=C1CCC(N2C(=O)c3ccc(CN4CCN(c5ccc(Nc6ncc7nc(Nc8ccccc8)n(C8CCCC8)c7n6)cc5)CC4)c(Br)c3C2=O)C(=O)N1. The number of piperidine rings is 1. The quantitative estimate of drug-likeness (QED) is 0.152. The predicted octanol–water partition coefficient (Wildman–Crippen LogP) is 5.91. The number of nitrogens with one attached hydrogen (secondary N) is 3. The van der Waals surface area contributed by atoms with Crippen LogP contribution in [-0.2, 0) is 16.1 Å². The Hall–Kier alpha value is -5.67. The zero-order valence-corrected chi connectivity index (χ0v) is 31.6. The number of anilines is 5. The summed E-state index contributed by atoms with van der Waals surface area (Å²) in [5.41, 5.74) is 6.00. The Balaban J connectivity index is 0.837. The second kappa shape index (κ2) is 14.5. The Labute approximate surface area is 325 Å². The van der Waals surface area contributed by atoms with Crippen molar-refractivity contribution in [3.63, 3.8) is 0 Å². The number of imidazole rings is 1. The highest BCUT2D eigenvalue weighted by molar-refractivity contribution is 9.10. The molecule has 2 aromatic heterocycles. The van der Waals surface area contributed by atoms with Crippen molar-refractivity contribution < 1.29 is 19.2 Å². The van der Waals surface area contributed by atoms with Crippen LogP contribution in [0.4, 0.5) is 29.0 Å². The Morgan fingerprint density at radius 1 is 0.800 bits per heavy atom. The van der Waals surface area contributed by atoms with E-state index < -0.39 is 29.7 Å². The number of amides is 4. The minimum absolute atomic E-state index is 0.0813. The number of nitrogens with zero attached hydrogens (tertiary/aromatic N) is 7. The number of imide groups is 2. The van der Waals surface area contributed by atoms with E-state index in [0.717, 1.165) is 83.7 Å².